The number of nitrogens with zero attached hydrogens (tertiary/aromatic N) is 4. The highest BCUT2D eigenvalue weighted by atomic mass is 15.2. The third-order valence-electron chi connectivity index (χ3n) is 5.31. The molecular weight excluding hydrogens is 320 g/mol. The number of rotatable bonds is 2. The third-order valence-corrected chi connectivity index (χ3v) is 5.31. The van der Waals surface area contributed by atoms with E-state index < -0.39 is 0 Å². The number of aromatic nitrogens is 4. The highest BCUT2D eigenvalue weighted by Gasteiger charge is 2.26. The van der Waals surface area contributed by atoms with Crippen LogP contribution in [0.15, 0.2) is 42.9 Å². The van der Waals surface area contributed by atoms with E-state index in [9.17, 15) is 0 Å². The molecule has 1 aromatic carbocycles. The van der Waals surface area contributed by atoms with Crippen LogP contribution in [-0.4, -0.2) is 14.0 Å². The van der Waals surface area contributed by atoms with Crippen LogP contribution in [-0.2, 0) is 14.1 Å². The van der Waals surface area contributed by atoms with Crippen LogP contribution in [0, 0.1) is 27.7 Å². The minimum atomic E-state index is 0.952. The first-order valence-corrected chi connectivity index (χ1v) is 8.95. The monoisotopic (exact) mass is 345 g/mol. The van der Waals surface area contributed by atoms with Gasteiger partial charge in [-0.3, -0.25) is 4.40 Å². The number of aryl methyl sites for hydroxylation is 5. The molecule has 0 aliphatic heterocycles. The van der Waals surface area contributed by atoms with Crippen molar-refractivity contribution in [2.24, 2.45) is 14.1 Å². The van der Waals surface area contributed by atoms with E-state index in [1.54, 1.807) is 0 Å². The van der Waals surface area contributed by atoms with Gasteiger partial charge in [0.05, 0.1) is 0 Å². The Morgan fingerprint density at radius 2 is 1.65 bits per heavy atom. The number of benzene rings is 1. The lowest BCUT2D eigenvalue weighted by atomic mass is 9.97. The van der Waals surface area contributed by atoms with Crippen molar-refractivity contribution in [2.45, 2.75) is 27.7 Å². The molecule has 3 aromatic heterocycles. The fraction of sp³-hybridized carbons (Fsp3) is 0.273. The Bertz CT molecular complexity index is 1140. The second kappa shape index (κ2) is 5.84. The number of fused-ring (bicyclic) bond motifs is 1. The van der Waals surface area contributed by atoms with Gasteiger partial charge in [-0.2, -0.15) is 4.57 Å². The second-order valence-electron chi connectivity index (χ2n) is 7.29. The molecule has 0 amide bonds. The largest absolute Gasteiger partial charge is 0.308 e. The molecule has 0 aliphatic carbocycles. The SMILES string of the molecule is Cc1ccc(C)c(-c2c(C)cc(C)c(-c3cn4ccnc4n3C)[n+]2C)c1. The lowest BCUT2D eigenvalue weighted by Crippen LogP contribution is -2.36. The Morgan fingerprint density at radius 1 is 0.923 bits per heavy atom. The summed E-state index contributed by atoms with van der Waals surface area (Å²) in [4.78, 5) is 4.46. The number of imidazole rings is 2. The Balaban J connectivity index is 2.04. The van der Waals surface area contributed by atoms with E-state index in [1.807, 2.05) is 12.4 Å². The molecule has 0 N–H and O–H groups in total. The molecule has 0 bridgehead atoms. The topological polar surface area (TPSA) is 26.1 Å². The molecule has 0 spiro atoms. The average Bonchev–Trinajstić information content (AvgIpc) is 3.14. The molecule has 26 heavy (non-hydrogen) atoms. The molecular formula is C22H25N4+. The molecule has 4 aromatic rings. The van der Waals surface area contributed by atoms with E-state index in [4.69, 9.17) is 0 Å². The quantitative estimate of drug-likeness (QED) is 0.503. The summed E-state index contributed by atoms with van der Waals surface area (Å²) in [5, 5.41) is 0. The molecule has 4 rings (SSSR count). The highest BCUT2D eigenvalue weighted by Crippen LogP contribution is 2.30. The van der Waals surface area contributed by atoms with Crippen molar-refractivity contribution >= 4 is 5.78 Å². The molecule has 0 saturated carbocycles. The Morgan fingerprint density at radius 3 is 2.38 bits per heavy atom. The van der Waals surface area contributed by atoms with Crippen LogP contribution in [0.4, 0.5) is 0 Å². The van der Waals surface area contributed by atoms with E-state index in [0.29, 0.717) is 0 Å². The van der Waals surface area contributed by atoms with E-state index in [1.165, 1.54) is 44.9 Å². The van der Waals surface area contributed by atoms with Crippen LogP contribution < -0.4 is 4.57 Å². The van der Waals surface area contributed by atoms with Crippen LogP contribution in [0.2, 0.25) is 0 Å². The van der Waals surface area contributed by atoms with Crippen molar-refractivity contribution in [3.05, 3.63) is 65.1 Å². The first-order valence-electron chi connectivity index (χ1n) is 8.95. The predicted octanol–water partition coefficient (Wildman–Crippen LogP) is 4.06. The van der Waals surface area contributed by atoms with Gasteiger partial charge < -0.3 is 4.57 Å². The minimum absolute atomic E-state index is 0.952. The average molecular weight is 345 g/mol. The molecule has 0 aliphatic rings. The maximum absolute atomic E-state index is 4.46. The van der Waals surface area contributed by atoms with Gasteiger partial charge in [0.1, 0.15) is 12.7 Å². The van der Waals surface area contributed by atoms with Gasteiger partial charge in [-0.1, -0.05) is 17.7 Å². The van der Waals surface area contributed by atoms with Crippen molar-refractivity contribution in [3.63, 3.8) is 0 Å². The van der Waals surface area contributed by atoms with Crippen molar-refractivity contribution < 1.29 is 4.57 Å². The fourth-order valence-electron chi connectivity index (χ4n) is 4.07. The maximum atomic E-state index is 4.46. The molecule has 0 unspecified atom stereocenters. The number of hydrogen-bond acceptors (Lipinski definition) is 1. The molecule has 4 heteroatoms. The van der Waals surface area contributed by atoms with Gasteiger partial charge in [-0.15, -0.1) is 0 Å². The van der Waals surface area contributed by atoms with Crippen LogP contribution in [0.1, 0.15) is 22.3 Å². The van der Waals surface area contributed by atoms with E-state index in [2.05, 4.69) is 90.8 Å². The zero-order valence-electron chi connectivity index (χ0n) is 16.3. The molecule has 0 atom stereocenters. The summed E-state index contributed by atoms with van der Waals surface area (Å²) >= 11 is 0. The summed E-state index contributed by atoms with van der Waals surface area (Å²) in [6, 6.07) is 8.96. The first kappa shape index (κ1) is 16.6. The smallest absolute Gasteiger partial charge is 0.233 e. The van der Waals surface area contributed by atoms with Crippen LogP contribution in [0.5, 0.6) is 0 Å². The molecule has 3 heterocycles. The van der Waals surface area contributed by atoms with E-state index >= 15 is 0 Å². The van der Waals surface area contributed by atoms with Gasteiger partial charge in [0.15, 0.2) is 0 Å². The summed E-state index contributed by atoms with van der Waals surface area (Å²) in [5.41, 5.74) is 10.1. The minimum Gasteiger partial charge on any atom is -0.308 e. The Kier molecular flexibility index (Phi) is 3.72. The number of hydrogen-bond donors (Lipinski definition) is 0. The molecule has 0 radical (unpaired) electrons. The van der Waals surface area contributed by atoms with Crippen molar-refractivity contribution in [1.82, 2.24) is 14.0 Å². The fourth-order valence-corrected chi connectivity index (χ4v) is 4.07. The summed E-state index contributed by atoms with van der Waals surface area (Å²) in [6.45, 7) is 8.72. The van der Waals surface area contributed by atoms with E-state index in [0.717, 1.165) is 5.78 Å². The summed E-state index contributed by atoms with van der Waals surface area (Å²) in [6.07, 6.45) is 5.99. The third kappa shape index (κ3) is 2.37. The first-order chi connectivity index (χ1) is 12.4. The van der Waals surface area contributed by atoms with E-state index in [-0.39, 0.29) is 0 Å². The zero-order chi connectivity index (χ0) is 18.6. The van der Waals surface area contributed by atoms with Gasteiger partial charge in [-0.05, 0) is 45.4 Å². The van der Waals surface area contributed by atoms with Crippen LogP contribution in [0.3, 0.4) is 0 Å². The van der Waals surface area contributed by atoms with Gasteiger partial charge in [0.25, 0.3) is 0 Å². The highest BCUT2D eigenvalue weighted by molar-refractivity contribution is 5.68. The van der Waals surface area contributed by atoms with Crippen LogP contribution >= 0.6 is 0 Å². The van der Waals surface area contributed by atoms with Gasteiger partial charge in [-0.25, -0.2) is 4.98 Å². The maximum Gasteiger partial charge on any atom is 0.233 e. The molecule has 0 fully saturated rings. The van der Waals surface area contributed by atoms with Crippen molar-refractivity contribution in [1.29, 1.82) is 0 Å². The van der Waals surface area contributed by atoms with Gasteiger partial charge in [0.2, 0.25) is 17.2 Å². The molecule has 132 valence electrons. The second-order valence-corrected chi connectivity index (χ2v) is 7.29. The normalized spacial score (nSPS) is 11.5. The van der Waals surface area contributed by atoms with Crippen molar-refractivity contribution in [3.8, 4) is 22.6 Å². The lowest BCUT2D eigenvalue weighted by Gasteiger charge is -2.13. The molecule has 0 saturated heterocycles. The lowest BCUT2D eigenvalue weighted by molar-refractivity contribution is -0.650. The summed E-state index contributed by atoms with van der Waals surface area (Å²) in [5.74, 6) is 0.952. The Labute approximate surface area is 154 Å². The standard InChI is InChI=1S/C22H25N4/c1-14-7-8-15(2)18(11-14)20-16(3)12-17(4)21(25(20)6)19-13-26-10-9-23-22(26)24(19)5/h7-13H,1-6H3/q+1. The predicted molar refractivity (Wildman–Crippen MR) is 105 cm³/mol. The van der Waals surface area contributed by atoms with Crippen LogP contribution in [0.25, 0.3) is 28.4 Å². The summed E-state index contributed by atoms with van der Waals surface area (Å²) < 4.78 is 6.57. The van der Waals surface area contributed by atoms with Gasteiger partial charge >= 0.3 is 0 Å². The molecule has 4 nitrogen and oxygen atoms in total. The zero-order valence-corrected chi connectivity index (χ0v) is 16.3. The summed E-state index contributed by atoms with van der Waals surface area (Å²) in [7, 11) is 4.25. The van der Waals surface area contributed by atoms with Gasteiger partial charge in [0, 0.05) is 42.3 Å². The Hall–Kier alpha value is -2.88. The number of pyridine rings is 1. The van der Waals surface area contributed by atoms with Crippen molar-refractivity contribution in [2.75, 3.05) is 0 Å².